The molecule has 0 aliphatic carbocycles. The van der Waals surface area contributed by atoms with Crippen LogP contribution in [-0.2, 0) is 14.0 Å². The van der Waals surface area contributed by atoms with Gasteiger partial charge < -0.3 is 35.2 Å². The van der Waals surface area contributed by atoms with E-state index in [0.717, 1.165) is 11.0 Å². The minimum absolute atomic E-state index is 0.286. The topological polar surface area (TPSA) is 190 Å². The van der Waals surface area contributed by atoms with Crippen molar-refractivity contribution in [2.24, 2.45) is 5.73 Å². The summed E-state index contributed by atoms with van der Waals surface area (Å²) >= 11 is 0. The molecule has 1 aliphatic rings. The summed E-state index contributed by atoms with van der Waals surface area (Å²) in [6.45, 7) is -0.350. The van der Waals surface area contributed by atoms with Gasteiger partial charge in [-0.15, -0.1) is 5.10 Å². The molecule has 1 aromatic rings. The Bertz CT molecular complexity index is 588. The van der Waals surface area contributed by atoms with Crippen LogP contribution in [0.4, 0.5) is 0 Å². The predicted molar refractivity (Wildman–Crippen MR) is 67.3 cm³/mol. The van der Waals surface area contributed by atoms with Crippen molar-refractivity contribution in [3.05, 3.63) is 12.2 Å². The Labute approximate surface area is 123 Å². The molecular weight excluding hydrogens is 323 g/mol. The lowest BCUT2D eigenvalue weighted by atomic mass is 10.1. The Balaban J connectivity index is 2.00. The molecule has 12 nitrogen and oxygen atoms in total. The number of aliphatic hydroxyl groups excluding tert-OH is 2. The molecule has 1 fully saturated rings. The van der Waals surface area contributed by atoms with Gasteiger partial charge in [0, 0.05) is 0 Å². The number of ether oxygens (including phenoxy) is 2. The number of primary amides is 1. The number of aliphatic hydroxyl groups is 2. The molecule has 4 atom stereocenters. The highest BCUT2D eigenvalue weighted by Gasteiger charge is 2.44. The number of amides is 1. The van der Waals surface area contributed by atoms with Crippen molar-refractivity contribution in [2.45, 2.75) is 24.5 Å². The highest BCUT2D eigenvalue weighted by atomic mass is 31.2. The molecule has 0 spiro atoms. The molecule has 1 saturated heterocycles. The van der Waals surface area contributed by atoms with Crippen LogP contribution < -0.4 is 5.73 Å². The van der Waals surface area contributed by atoms with E-state index in [1.54, 1.807) is 0 Å². The monoisotopic (exact) mass is 338 g/mol. The second-order valence-electron chi connectivity index (χ2n) is 4.62. The summed E-state index contributed by atoms with van der Waals surface area (Å²) in [5.74, 6) is -1.15. The van der Waals surface area contributed by atoms with Crippen LogP contribution >= 0.6 is 7.60 Å². The zero-order valence-electron chi connectivity index (χ0n) is 11.1. The van der Waals surface area contributed by atoms with Crippen LogP contribution in [-0.4, -0.2) is 71.9 Å². The number of nitrogens with two attached hydrogens (primary N) is 1. The molecule has 0 aromatic carbocycles. The summed E-state index contributed by atoms with van der Waals surface area (Å²) in [6, 6.07) is 0. The lowest BCUT2D eigenvalue weighted by Crippen LogP contribution is -2.34. The van der Waals surface area contributed by atoms with Crippen LogP contribution in [0.2, 0.25) is 0 Å². The summed E-state index contributed by atoms with van der Waals surface area (Å²) in [4.78, 5) is 31.8. The SMILES string of the molecule is NC(=O)c1ncn([C@@H]2O[C@H](COCP(=O)(O)O)[C@@H](O)[C@H]2O)n1. The van der Waals surface area contributed by atoms with Crippen LogP contribution in [0.3, 0.4) is 0 Å². The molecule has 0 saturated carbocycles. The van der Waals surface area contributed by atoms with Crippen LogP contribution in [0.1, 0.15) is 16.8 Å². The summed E-state index contributed by atoms with van der Waals surface area (Å²) < 4.78 is 21.7. The maximum atomic E-state index is 10.9. The van der Waals surface area contributed by atoms with Gasteiger partial charge in [0.15, 0.2) is 6.23 Å². The largest absolute Gasteiger partial charge is 0.387 e. The van der Waals surface area contributed by atoms with Crippen molar-refractivity contribution in [1.82, 2.24) is 14.8 Å². The molecular formula is C9H15N4O8P. The molecule has 2 rings (SSSR count). The fourth-order valence-corrected chi connectivity index (χ4v) is 2.23. The van der Waals surface area contributed by atoms with Gasteiger partial charge in [-0.3, -0.25) is 9.36 Å². The number of nitrogens with zero attached hydrogens (tertiary/aromatic N) is 3. The van der Waals surface area contributed by atoms with Crippen LogP contribution in [0.15, 0.2) is 6.33 Å². The summed E-state index contributed by atoms with van der Waals surface area (Å²) in [5, 5.41) is 23.4. The van der Waals surface area contributed by atoms with Crippen LogP contribution in [0.5, 0.6) is 0 Å². The van der Waals surface area contributed by atoms with Gasteiger partial charge in [0.2, 0.25) is 5.82 Å². The average molecular weight is 338 g/mol. The summed E-state index contributed by atoms with van der Waals surface area (Å²) in [5.41, 5.74) is 5.00. The Kier molecular flexibility index (Phi) is 4.92. The molecule has 13 heteroatoms. The predicted octanol–water partition coefficient (Wildman–Crippen LogP) is -2.85. The van der Waals surface area contributed by atoms with Gasteiger partial charge >= 0.3 is 7.60 Å². The smallest absolute Gasteiger partial charge is 0.350 e. The summed E-state index contributed by atoms with van der Waals surface area (Å²) in [6.07, 6.45) is -4.68. The van der Waals surface area contributed by atoms with E-state index in [9.17, 15) is 19.6 Å². The molecule has 22 heavy (non-hydrogen) atoms. The second kappa shape index (κ2) is 6.38. The highest BCUT2D eigenvalue weighted by molar-refractivity contribution is 7.51. The number of carbonyl (C=O) groups excluding carboxylic acids is 1. The molecule has 0 unspecified atom stereocenters. The van der Waals surface area contributed by atoms with Crippen molar-refractivity contribution in [2.75, 3.05) is 13.0 Å². The van der Waals surface area contributed by atoms with Crippen molar-refractivity contribution in [1.29, 1.82) is 0 Å². The van der Waals surface area contributed by atoms with E-state index in [-0.39, 0.29) is 12.4 Å². The van der Waals surface area contributed by atoms with E-state index in [4.69, 9.17) is 25.0 Å². The number of rotatable bonds is 6. The molecule has 1 amide bonds. The first kappa shape index (κ1) is 17.0. The van der Waals surface area contributed by atoms with Crippen molar-refractivity contribution in [3.8, 4) is 0 Å². The highest BCUT2D eigenvalue weighted by Crippen LogP contribution is 2.35. The molecule has 124 valence electrons. The Morgan fingerprint density at radius 3 is 2.68 bits per heavy atom. The number of hydrogen-bond acceptors (Lipinski definition) is 8. The first-order valence-corrected chi connectivity index (χ1v) is 7.83. The molecule has 6 N–H and O–H groups in total. The van der Waals surface area contributed by atoms with Gasteiger partial charge in [0.25, 0.3) is 5.91 Å². The van der Waals surface area contributed by atoms with E-state index in [1.807, 2.05) is 0 Å². The summed E-state index contributed by atoms with van der Waals surface area (Å²) in [7, 11) is -4.34. The van der Waals surface area contributed by atoms with Crippen LogP contribution in [0, 0.1) is 0 Å². The molecule has 1 aliphatic heterocycles. The molecule has 2 heterocycles. The Hall–Kier alpha value is -1.40. The van der Waals surface area contributed by atoms with Crippen molar-refractivity contribution >= 4 is 13.5 Å². The van der Waals surface area contributed by atoms with Gasteiger partial charge in [0.05, 0.1) is 6.61 Å². The van der Waals surface area contributed by atoms with Crippen molar-refractivity contribution in [3.63, 3.8) is 0 Å². The van der Waals surface area contributed by atoms with E-state index >= 15 is 0 Å². The number of carbonyl (C=O) groups is 1. The Morgan fingerprint density at radius 2 is 2.14 bits per heavy atom. The first-order valence-electron chi connectivity index (χ1n) is 6.04. The fraction of sp³-hybridized carbons (Fsp3) is 0.667. The van der Waals surface area contributed by atoms with Gasteiger partial charge in [-0.25, -0.2) is 9.67 Å². The number of hydrogen-bond donors (Lipinski definition) is 5. The maximum Gasteiger partial charge on any atom is 0.350 e. The maximum absolute atomic E-state index is 10.9. The van der Waals surface area contributed by atoms with Gasteiger partial charge in [-0.1, -0.05) is 0 Å². The normalized spacial score (nSPS) is 28.9. The quantitative estimate of drug-likeness (QED) is 0.337. The molecule has 0 bridgehead atoms. The van der Waals surface area contributed by atoms with Gasteiger partial charge in [0.1, 0.15) is 31.0 Å². The lowest BCUT2D eigenvalue weighted by Gasteiger charge is -2.14. The third-order valence-electron chi connectivity index (χ3n) is 2.87. The second-order valence-corrected chi connectivity index (χ2v) is 6.21. The standard InChI is InChI=1S/C9H15N4O8P/c10-7(16)8-11-2-13(12-8)9-6(15)5(14)4(21-9)1-20-3-22(17,18)19/h2,4-6,9,14-15H,1,3H2,(H2,10,16)(H2,17,18,19)/t4-,5-,6-,9-/m1/s1. The van der Waals surface area contributed by atoms with Crippen LogP contribution in [0.25, 0.3) is 0 Å². The minimum atomic E-state index is -4.34. The van der Waals surface area contributed by atoms with E-state index in [0.29, 0.717) is 0 Å². The van der Waals surface area contributed by atoms with Crippen molar-refractivity contribution < 1.29 is 38.8 Å². The van der Waals surface area contributed by atoms with E-state index in [1.165, 1.54) is 0 Å². The minimum Gasteiger partial charge on any atom is -0.387 e. The van der Waals surface area contributed by atoms with E-state index in [2.05, 4.69) is 10.1 Å². The average Bonchev–Trinajstić information content (AvgIpc) is 2.98. The third kappa shape index (κ3) is 3.87. The third-order valence-corrected chi connectivity index (χ3v) is 3.39. The van der Waals surface area contributed by atoms with Gasteiger partial charge in [-0.05, 0) is 0 Å². The number of aromatic nitrogens is 3. The zero-order valence-corrected chi connectivity index (χ0v) is 12.0. The fourth-order valence-electron chi connectivity index (χ4n) is 1.88. The van der Waals surface area contributed by atoms with Gasteiger partial charge in [-0.2, -0.15) is 0 Å². The van der Waals surface area contributed by atoms with E-state index < -0.39 is 44.4 Å². The molecule has 1 aromatic heterocycles. The Morgan fingerprint density at radius 1 is 1.45 bits per heavy atom. The first-order chi connectivity index (χ1) is 10.2. The zero-order chi connectivity index (χ0) is 16.5. The molecule has 0 radical (unpaired) electrons. The lowest BCUT2D eigenvalue weighted by molar-refractivity contribution is -0.0677.